The summed E-state index contributed by atoms with van der Waals surface area (Å²) in [5.74, 6) is 0.915. The summed E-state index contributed by atoms with van der Waals surface area (Å²) in [6.45, 7) is 0.0307. The summed E-state index contributed by atoms with van der Waals surface area (Å²) in [5, 5.41) is 18.1. The maximum absolute atomic E-state index is 12.8. The van der Waals surface area contributed by atoms with Gasteiger partial charge in [-0.3, -0.25) is 0 Å². The van der Waals surface area contributed by atoms with Gasteiger partial charge in [0, 0.05) is 24.0 Å². The minimum absolute atomic E-state index is 0.0307. The van der Waals surface area contributed by atoms with Crippen molar-refractivity contribution >= 4 is 5.65 Å². The molecule has 0 fully saturated rings. The molecule has 160 valence electrons. The standard InChI is InChI=1S/C21H14F3N7O/c22-21(23,24)16-3-1-2-13(8-16)12-32-17-6-4-14(5-7-17)15-10-25-19-9-18(28-31(19)11-15)20-26-29-30-27-20/h1-11H,12H2,(H,26,27,29,30). The lowest BCUT2D eigenvalue weighted by molar-refractivity contribution is -0.137. The Labute approximate surface area is 178 Å². The van der Waals surface area contributed by atoms with Crippen LogP contribution >= 0.6 is 0 Å². The number of hydrogen-bond donors (Lipinski definition) is 1. The molecule has 3 aromatic heterocycles. The molecule has 8 nitrogen and oxygen atoms in total. The van der Waals surface area contributed by atoms with Gasteiger partial charge in [0.05, 0.1) is 5.56 Å². The molecular weight excluding hydrogens is 423 g/mol. The number of tetrazole rings is 1. The average Bonchev–Trinajstić information content (AvgIpc) is 3.47. The van der Waals surface area contributed by atoms with Gasteiger partial charge in [-0.2, -0.15) is 23.5 Å². The largest absolute Gasteiger partial charge is 0.489 e. The molecule has 0 aliphatic carbocycles. The molecule has 0 bridgehead atoms. The Balaban J connectivity index is 1.31. The molecule has 5 aromatic rings. The Kier molecular flexibility index (Phi) is 4.77. The average molecular weight is 437 g/mol. The van der Waals surface area contributed by atoms with Crippen molar-refractivity contribution in [2.24, 2.45) is 0 Å². The van der Waals surface area contributed by atoms with Gasteiger partial charge in [0.1, 0.15) is 18.1 Å². The molecule has 32 heavy (non-hydrogen) atoms. The third kappa shape index (κ3) is 4.00. The Morgan fingerprint density at radius 3 is 2.59 bits per heavy atom. The van der Waals surface area contributed by atoms with Crippen molar-refractivity contribution in [3.05, 3.63) is 78.1 Å². The zero-order chi connectivity index (χ0) is 22.1. The normalized spacial score (nSPS) is 11.7. The van der Waals surface area contributed by atoms with Crippen LogP contribution in [0.3, 0.4) is 0 Å². The van der Waals surface area contributed by atoms with Crippen LogP contribution in [0, 0.1) is 0 Å². The smallest absolute Gasteiger partial charge is 0.416 e. The van der Waals surface area contributed by atoms with Crippen molar-refractivity contribution in [2.45, 2.75) is 12.8 Å². The van der Waals surface area contributed by atoms with Crippen molar-refractivity contribution in [1.82, 2.24) is 35.2 Å². The summed E-state index contributed by atoms with van der Waals surface area (Å²) in [4.78, 5) is 4.41. The number of alkyl halides is 3. The highest BCUT2D eigenvalue weighted by atomic mass is 19.4. The van der Waals surface area contributed by atoms with E-state index in [1.165, 1.54) is 6.07 Å². The summed E-state index contributed by atoms with van der Waals surface area (Å²) in [5.41, 5.74) is 2.62. The minimum atomic E-state index is -4.38. The number of H-pyrrole nitrogens is 1. The predicted molar refractivity (Wildman–Crippen MR) is 107 cm³/mol. The molecule has 5 rings (SSSR count). The third-order valence-electron chi connectivity index (χ3n) is 4.74. The molecule has 0 amide bonds. The van der Waals surface area contributed by atoms with E-state index < -0.39 is 11.7 Å². The van der Waals surface area contributed by atoms with Crippen molar-refractivity contribution < 1.29 is 17.9 Å². The Hall–Kier alpha value is -4.28. The van der Waals surface area contributed by atoms with Crippen LogP contribution in [0.1, 0.15) is 11.1 Å². The Morgan fingerprint density at radius 2 is 1.84 bits per heavy atom. The second kappa shape index (κ2) is 7.76. The second-order valence-electron chi connectivity index (χ2n) is 6.92. The molecule has 0 saturated heterocycles. The minimum Gasteiger partial charge on any atom is -0.489 e. The van der Waals surface area contributed by atoms with E-state index in [9.17, 15) is 13.2 Å². The van der Waals surface area contributed by atoms with E-state index in [-0.39, 0.29) is 6.61 Å². The second-order valence-corrected chi connectivity index (χ2v) is 6.92. The number of halogens is 3. The van der Waals surface area contributed by atoms with E-state index in [0.717, 1.165) is 23.3 Å². The lowest BCUT2D eigenvalue weighted by Crippen LogP contribution is -2.06. The maximum atomic E-state index is 12.8. The number of aromatic nitrogens is 7. The number of hydrogen-bond acceptors (Lipinski definition) is 6. The van der Waals surface area contributed by atoms with Crippen LogP contribution in [0.4, 0.5) is 13.2 Å². The fourth-order valence-electron chi connectivity index (χ4n) is 3.15. The van der Waals surface area contributed by atoms with Gasteiger partial charge in [-0.25, -0.2) is 9.50 Å². The van der Waals surface area contributed by atoms with Crippen molar-refractivity contribution in [1.29, 1.82) is 0 Å². The van der Waals surface area contributed by atoms with Crippen LogP contribution in [-0.4, -0.2) is 35.2 Å². The molecule has 0 saturated carbocycles. The van der Waals surface area contributed by atoms with Crippen LogP contribution < -0.4 is 4.74 Å². The molecule has 0 aliphatic rings. The first-order chi connectivity index (χ1) is 15.5. The summed E-state index contributed by atoms with van der Waals surface area (Å²) in [7, 11) is 0. The Morgan fingerprint density at radius 1 is 1.00 bits per heavy atom. The number of aromatic amines is 1. The van der Waals surface area contributed by atoms with Crippen molar-refractivity contribution in [3.8, 4) is 28.4 Å². The van der Waals surface area contributed by atoms with Crippen molar-refractivity contribution in [2.75, 3.05) is 0 Å². The molecule has 0 atom stereocenters. The van der Waals surface area contributed by atoms with Gasteiger partial charge in [0.25, 0.3) is 0 Å². The van der Waals surface area contributed by atoms with E-state index in [1.54, 1.807) is 35.0 Å². The zero-order valence-electron chi connectivity index (χ0n) is 16.3. The summed E-state index contributed by atoms with van der Waals surface area (Å²) >= 11 is 0. The molecule has 3 heterocycles. The fraction of sp³-hybridized carbons (Fsp3) is 0.0952. The van der Waals surface area contributed by atoms with E-state index in [4.69, 9.17) is 4.74 Å². The van der Waals surface area contributed by atoms with Gasteiger partial charge in [-0.1, -0.05) is 24.3 Å². The fourth-order valence-corrected chi connectivity index (χ4v) is 3.15. The topological polar surface area (TPSA) is 93.9 Å². The van der Waals surface area contributed by atoms with Crippen LogP contribution in [0.5, 0.6) is 5.75 Å². The van der Waals surface area contributed by atoms with Gasteiger partial charge in [0.2, 0.25) is 5.82 Å². The predicted octanol–water partition coefficient (Wildman–Crippen LogP) is 4.17. The lowest BCUT2D eigenvalue weighted by Gasteiger charge is -2.10. The summed E-state index contributed by atoms with van der Waals surface area (Å²) < 4.78 is 45.8. The first-order valence-electron chi connectivity index (χ1n) is 9.44. The number of nitrogens with one attached hydrogen (secondary N) is 1. The van der Waals surface area contributed by atoms with E-state index in [2.05, 4.69) is 30.7 Å². The number of fused-ring (bicyclic) bond motifs is 1. The lowest BCUT2D eigenvalue weighted by atomic mass is 10.1. The van der Waals surface area contributed by atoms with Gasteiger partial charge in [0.15, 0.2) is 5.65 Å². The number of ether oxygens (including phenoxy) is 1. The Bertz CT molecular complexity index is 1360. The van der Waals surface area contributed by atoms with Gasteiger partial charge < -0.3 is 4.74 Å². The van der Waals surface area contributed by atoms with Crippen LogP contribution in [0.25, 0.3) is 28.3 Å². The van der Waals surface area contributed by atoms with Gasteiger partial charge >= 0.3 is 6.18 Å². The number of benzene rings is 2. The summed E-state index contributed by atoms with van der Waals surface area (Å²) in [6.07, 6.45) is -0.840. The van der Waals surface area contributed by atoms with Crippen molar-refractivity contribution in [3.63, 3.8) is 0 Å². The van der Waals surface area contributed by atoms with Gasteiger partial charge in [-0.05, 0) is 40.6 Å². The van der Waals surface area contributed by atoms with E-state index in [0.29, 0.717) is 28.5 Å². The molecule has 0 radical (unpaired) electrons. The molecule has 1 N–H and O–H groups in total. The number of nitrogens with zero attached hydrogens (tertiary/aromatic N) is 6. The SMILES string of the molecule is FC(F)(F)c1cccc(COc2ccc(-c3cnc4cc(-c5nn[nH]n5)nn4c3)cc2)c1. The summed E-state index contributed by atoms with van der Waals surface area (Å²) in [6, 6.07) is 14.0. The highest BCUT2D eigenvalue weighted by molar-refractivity contribution is 5.65. The first kappa shape index (κ1) is 19.7. The molecular formula is C21H14F3N7O. The molecule has 11 heteroatoms. The number of rotatable bonds is 5. The highest BCUT2D eigenvalue weighted by Gasteiger charge is 2.30. The maximum Gasteiger partial charge on any atom is 0.416 e. The third-order valence-corrected chi connectivity index (χ3v) is 4.74. The first-order valence-corrected chi connectivity index (χ1v) is 9.44. The van der Waals surface area contributed by atoms with Crippen LogP contribution in [-0.2, 0) is 12.8 Å². The molecule has 0 spiro atoms. The monoisotopic (exact) mass is 437 g/mol. The van der Waals surface area contributed by atoms with E-state index in [1.807, 2.05) is 18.3 Å². The molecule has 0 aliphatic heterocycles. The van der Waals surface area contributed by atoms with E-state index >= 15 is 0 Å². The molecule has 2 aromatic carbocycles. The zero-order valence-corrected chi connectivity index (χ0v) is 16.3. The van der Waals surface area contributed by atoms with Gasteiger partial charge in [-0.15, -0.1) is 10.2 Å². The highest BCUT2D eigenvalue weighted by Crippen LogP contribution is 2.30. The van der Waals surface area contributed by atoms with Crippen LogP contribution in [0.2, 0.25) is 0 Å². The van der Waals surface area contributed by atoms with Crippen LogP contribution in [0.15, 0.2) is 67.0 Å². The quantitative estimate of drug-likeness (QED) is 0.444. The molecule has 0 unspecified atom stereocenters.